The molecule has 0 saturated carbocycles. The average molecular weight is 352 g/mol. The number of hydrogen-bond acceptors (Lipinski definition) is 0. The molecule has 0 amide bonds. The highest BCUT2D eigenvalue weighted by molar-refractivity contribution is 9.09. The number of aryl methyl sites for hydroxylation is 3. The lowest BCUT2D eigenvalue weighted by atomic mass is 9.96. The largest absolute Gasteiger partial charge is 0.0840 e. The lowest BCUT2D eigenvalue weighted by Crippen LogP contribution is -1.98. The molecule has 20 heavy (non-hydrogen) atoms. The molecule has 2 aromatic carbocycles. The fraction of sp³-hybridized carbons (Fsp3) is 0.333. The van der Waals surface area contributed by atoms with Crippen LogP contribution in [0.3, 0.4) is 0 Å². The Labute approximate surface area is 135 Å². The highest BCUT2D eigenvalue weighted by atomic mass is 79.9. The van der Waals surface area contributed by atoms with E-state index in [0.29, 0.717) is 0 Å². The standard InChI is InChI=1S/C18H20BrCl/c1-4-13-7-8-15(11-14(13)5-2)18(19)16-9-6-12(3)10-17(16)20/h6-11,18H,4-5H2,1-3H3. The lowest BCUT2D eigenvalue weighted by Gasteiger charge is -2.16. The molecule has 0 heterocycles. The van der Waals surface area contributed by atoms with Crippen molar-refractivity contribution >= 4 is 27.5 Å². The van der Waals surface area contributed by atoms with E-state index in [1.807, 2.05) is 6.07 Å². The van der Waals surface area contributed by atoms with Crippen LogP contribution in [0.25, 0.3) is 0 Å². The molecule has 0 saturated heterocycles. The minimum absolute atomic E-state index is 0.145. The smallest absolute Gasteiger partial charge is 0.0659 e. The number of halogens is 2. The normalized spacial score (nSPS) is 12.4. The molecule has 0 radical (unpaired) electrons. The SMILES string of the molecule is CCc1ccc(C(Br)c2ccc(C)cc2Cl)cc1CC. The molecule has 0 aliphatic rings. The second kappa shape index (κ2) is 6.78. The third-order valence-electron chi connectivity index (χ3n) is 3.71. The van der Waals surface area contributed by atoms with E-state index in [4.69, 9.17) is 11.6 Å². The van der Waals surface area contributed by atoms with Crippen LogP contribution in [0.2, 0.25) is 5.02 Å². The Bertz CT molecular complexity index is 604. The molecular formula is C18H20BrCl. The average Bonchev–Trinajstić information content (AvgIpc) is 2.45. The molecule has 0 bridgehead atoms. The summed E-state index contributed by atoms with van der Waals surface area (Å²) in [6.45, 7) is 6.47. The van der Waals surface area contributed by atoms with Crippen molar-refractivity contribution in [1.29, 1.82) is 0 Å². The molecule has 0 aliphatic heterocycles. The molecule has 1 unspecified atom stereocenters. The van der Waals surface area contributed by atoms with Crippen molar-refractivity contribution in [3.63, 3.8) is 0 Å². The third-order valence-corrected chi connectivity index (χ3v) is 5.06. The minimum atomic E-state index is 0.145. The van der Waals surface area contributed by atoms with Gasteiger partial charge in [0.15, 0.2) is 0 Å². The summed E-state index contributed by atoms with van der Waals surface area (Å²) < 4.78 is 0. The van der Waals surface area contributed by atoms with Gasteiger partial charge in [-0.15, -0.1) is 0 Å². The zero-order valence-electron chi connectivity index (χ0n) is 12.2. The number of benzene rings is 2. The summed E-state index contributed by atoms with van der Waals surface area (Å²) in [6, 6.07) is 13.0. The van der Waals surface area contributed by atoms with Crippen LogP contribution in [0.1, 0.15) is 46.5 Å². The Hall–Kier alpha value is -0.790. The van der Waals surface area contributed by atoms with Gasteiger partial charge in [0, 0.05) is 5.02 Å². The number of hydrogen-bond donors (Lipinski definition) is 0. The topological polar surface area (TPSA) is 0 Å². The zero-order chi connectivity index (χ0) is 14.7. The van der Waals surface area contributed by atoms with Crippen LogP contribution in [0, 0.1) is 6.92 Å². The van der Waals surface area contributed by atoms with E-state index in [9.17, 15) is 0 Å². The van der Waals surface area contributed by atoms with Gasteiger partial charge in [0.1, 0.15) is 0 Å². The molecule has 1 atom stereocenters. The predicted octanol–water partition coefficient (Wildman–Crippen LogP) is 6.26. The van der Waals surface area contributed by atoms with Crippen LogP contribution < -0.4 is 0 Å². The highest BCUT2D eigenvalue weighted by Gasteiger charge is 2.15. The molecule has 2 heteroatoms. The fourth-order valence-corrected chi connectivity index (χ4v) is 3.65. The number of alkyl halides is 1. The van der Waals surface area contributed by atoms with Crippen molar-refractivity contribution in [3.05, 3.63) is 69.2 Å². The van der Waals surface area contributed by atoms with Gasteiger partial charge in [0.05, 0.1) is 4.83 Å². The minimum Gasteiger partial charge on any atom is -0.0840 e. The first kappa shape index (κ1) is 15.6. The maximum absolute atomic E-state index is 6.38. The van der Waals surface area contributed by atoms with Crippen molar-refractivity contribution in [1.82, 2.24) is 0 Å². The van der Waals surface area contributed by atoms with E-state index < -0.39 is 0 Å². The Morgan fingerprint density at radius 2 is 1.70 bits per heavy atom. The van der Waals surface area contributed by atoms with E-state index in [2.05, 4.69) is 67.0 Å². The Kier molecular flexibility index (Phi) is 5.29. The Balaban J connectivity index is 2.40. The van der Waals surface area contributed by atoms with Crippen molar-refractivity contribution < 1.29 is 0 Å². The van der Waals surface area contributed by atoms with Crippen LogP contribution in [-0.2, 0) is 12.8 Å². The van der Waals surface area contributed by atoms with Crippen molar-refractivity contribution in [2.45, 2.75) is 38.4 Å². The van der Waals surface area contributed by atoms with Gasteiger partial charge in [-0.05, 0) is 53.6 Å². The van der Waals surface area contributed by atoms with E-state index >= 15 is 0 Å². The summed E-state index contributed by atoms with van der Waals surface area (Å²) in [5, 5.41) is 0.824. The van der Waals surface area contributed by atoms with E-state index in [0.717, 1.165) is 23.4 Å². The van der Waals surface area contributed by atoms with Crippen LogP contribution in [0.4, 0.5) is 0 Å². The third kappa shape index (κ3) is 3.27. The van der Waals surface area contributed by atoms with Gasteiger partial charge in [0.25, 0.3) is 0 Å². The van der Waals surface area contributed by atoms with E-state index in [1.54, 1.807) is 0 Å². The van der Waals surface area contributed by atoms with Crippen molar-refractivity contribution in [3.8, 4) is 0 Å². The molecule has 2 rings (SSSR count). The maximum atomic E-state index is 6.38. The van der Waals surface area contributed by atoms with Crippen LogP contribution in [0.15, 0.2) is 36.4 Å². The lowest BCUT2D eigenvalue weighted by molar-refractivity contribution is 1.02. The first-order valence-electron chi connectivity index (χ1n) is 7.08. The van der Waals surface area contributed by atoms with Gasteiger partial charge in [-0.2, -0.15) is 0 Å². The second-order valence-corrected chi connectivity index (χ2v) is 6.45. The molecule has 0 N–H and O–H groups in total. The van der Waals surface area contributed by atoms with Gasteiger partial charge < -0.3 is 0 Å². The maximum Gasteiger partial charge on any atom is 0.0659 e. The van der Waals surface area contributed by atoms with Gasteiger partial charge in [-0.25, -0.2) is 0 Å². The molecular weight excluding hydrogens is 332 g/mol. The summed E-state index contributed by atoms with van der Waals surface area (Å²) in [4.78, 5) is 0.145. The van der Waals surface area contributed by atoms with Gasteiger partial charge in [-0.3, -0.25) is 0 Å². The van der Waals surface area contributed by atoms with Crippen molar-refractivity contribution in [2.75, 3.05) is 0 Å². The number of rotatable bonds is 4. The Morgan fingerprint density at radius 1 is 1.00 bits per heavy atom. The second-order valence-electron chi connectivity index (χ2n) is 5.12. The first-order valence-corrected chi connectivity index (χ1v) is 8.38. The van der Waals surface area contributed by atoms with Gasteiger partial charge >= 0.3 is 0 Å². The molecule has 0 fully saturated rings. The Morgan fingerprint density at radius 3 is 2.30 bits per heavy atom. The van der Waals surface area contributed by atoms with Crippen LogP contribution >= 0.6 is 27.5 Å². The summed E-state index contributed by atoms with van der Waals surface area (Å²) in [7, 11) is 0. The van der Waals surface area contributed by atoms with E-state index in [-0.39, 0.29) is 4.83 Å². The van der Waals surface area contributed by atoms with Gasteiger partial charge in [-0.1, -0.05) is 71.7 Å². The predicted molar refractivity (Wildman–Crippen MR) is 92.2 cm³/mol. The van der Waals surface area contributed by atoms with E-state index in [1.165, 1.54) is 22.3 Å². The molecule has 2 aromatic rings. The highest BCUT2D eigenvalue weighted by Crippen LogP contribution is 2.36. The van der Waals surface area contributed by atoms with Crippen LogP contribution in [0.5, 0.6) is 0 Å². The van der Waals surface area contributed by atoms with Crippen LogP contribution in [-0.4, -0.2) is 0 Å². The summed E-state index contributed by atoms with van der Waals surface area (Å²) >= 11 is 10.2. The summed E-state index contributed by atoms with van der Waals surface area (Å²) in [5.74, 6) is 0. The summed E-state index contributed by atoms with van der Waals surface area (Å²) in [5.41, 5.74) is 6.45. The molecule has 106 valence electrons. The molecule has 0 spiro atoms. The summed E-state index contributed by atoms with van der Waals surface area (Å²) in [6.07, 6.45) is 2.15. The van der Waals surface area contributed by atoms with Crippen molar-refractivity contribution in [2.24, 2.45) is 0 Å². The fourth-order valence-electron chi connectivity index (χ4n) is 2.49. The van der Waals surface area contributed by atoms with Gasteiger partial charge in [0.2, 0.25) is 0 Å². The molecule has 0 aromatic heterocycles. The quantitative estimate of drug-likeness (QED) is 0.570. The monoisotopic (exact) mass is 350 g/mol. The zero-order valence-corrected chi connectivity index (χ0v) is 14.6. The first-order chi connectivity index (χ1) is 9.56. The molecule has 0 nitrogen and oxygen atoms in total. The molecule has 0 aliphatic carbocycles.